The Morgan fingerprint density at radius 1 is 1.00 bits per heavy atom. The predicted octanol–water partition coefficient (Wildman–Crippen LogP) is 5.46. The van der Waals surface area contributed by atoms with Crippen LogP contribution >= 0.6 is 0 Å². The summed E-state index contributed by atoms with van der Waals surface area (Å²) in [4.78, 5) is 12.3. The van der Waals surface area contributed by atoms with E-state index in [1.54, 1.807) is 6.08 Å². The standard InChI is InChI=1S/C24H26O4/c1-17-13-20(14-18(2)22(17)26-16-19-9-5-3-6-10-19)15-21-23(25)28-24(27-21)11-7-4-8-12-24/h3,5-6,9-10,13-15H,4,7-8,11-12,16H2,1-2H3. The zero-order valence-electron chi connectivity index (χ0n) is 16.5. The molecule has 1 saturated carbocycles. The van der Waals surface area contributed by atoms with E-state index in [1.165, 1.54) is 6.42 Å². The highest BCUT2D eigenvalue weighted by Gasteiger charge is 2.46. The van der Waals surface area contributed by atoms with Gasteiger partial charge in [-0.1, -0.05) is 36.8 Å². The van der Waals surface area contributed by atoms with Gasteiger partial charge in [0.15, 0.2) is 0 Å². The van der Waals surface area contributed by atoms with Crippen LogP contribution in [-0.2, 0) is 20.9 Å². The number of hydrogen-bond acceptors (Lipinski definition) is 4. The minimum Gasteiger partial charge on any atom is -0.488 e. The SMILES string of the molecule is Cc1cc(C=C2OC3(CCCCC3)OC2=O)cc(C)c1OCc1ccccc1. The fourth-order valence-corrected chi connectivity index (χ4v) is 4.04. The van der Waals surface area contributed by atoms with Crippen LogP contribution in [-0.4, -0.2) is 11.8 Å². The summed E-state index contributed by atoms with van der Waals surface area (Å²) in [5.74, 6) is 0.0919. The van der Waals surface area contributed by atoms with Crippen molar-refractivity contribution < 1.29 is 19.0 Å². The summed E-state index contributed by atoms with van der Waals surface area (Å²) in [6.45, 7) is 4.57. The van der Waals surface area contributed by atoms with Gasteiger partial charge >= 0.3 is 5.97 Å². The number of benzene rings is 2. The lowest BCUT2D eigenvalue weighted by atomic mass is 9.94. The molecule has 1 saturated heterocycles. The predicted molar refractivity (Wildman–Crippen MR) is 108 cm³/mol. The highest BCUT2D eigenvalue weighted by Crippen LogP contribution is 2.40. The lowest BCUT2D eigenvalue weighted by Crippen LogP contribution is -2.32. The van der Waals surface area contributed by atoms with Gasteiger partial charge in [0.2, 0.25) is 5.76 Å². The smallest absolute Gasteiger partial charge is 0.377 e. The normalized spacial score (nSPS) is 19.5. The molecule has 4 heteroatoms. The number of ether oxygens (including phenoxy) is 3. The van der Waals surface area contributed by atoms with Crippen LogP contribution in [0, 0.1) is 13.8 Å². The topological polar surface area (TPSA) is 44.8 Å². The maximum atomic E-state index is 12.3. The largest absolute Gasteiger partial charge is 0.488 e. The van der Waals surface area contributed by atoms with Gasteiger partial charge in [-0.25, -0.2) is 4.79 Å². The van der Waals surface area contributed by atoms with Crippen molar-refractivity contribution in [3.63, 3.8) is 0 Å². The van der Waals surface area contributed by atoms with Crippen molar-refractivity contribution in [2.75, 3.05) is 0 Å². The van der Waals surface area contributed by atoms with Crippen LogP contribution in [0.3, 0.4) is 0 Å². The minimum atomic E-state index is -0.732. The third-order valence-corrected chi connectivity index (χ3v) is 5.40. The monoisotopic (exact) mass is 378 g/mol. The van der Waals surface area contributed by atoms with Gasteiger partial charge < -0.3 is 14.2 Å². The van der Waals surface area contributed by atoms with Gasteiger partial charge in [0.25, 0.3) is 5.79 Å². The first kappa shape index (κ1) is 18.6. The summed E-state index contributed by atoms with van der Waals surface area (Å²) in [5.41, 5.74) is 4.11. The summed E-state index contributed by atoms with van der Waals surface area (Å²) in [5, 5.41) is 0. The van der Waals surface area contributed by atoms with Gasteiger partial charge in [-0.3, -0.25) is 0 Å². The molecule has 2 fully saturated rings. The second-order valence-electron chi connectivity index (χ2n) is 7.73. The van der Waals surface area contributed by atoms with Crippen LogP contribution in [0.25, 0.3) is 6.08 Å². The molecule has 2 aliphatic rings. The molecular weight excluding hydrogens is 352 g/mol. The zero-order chi connectivity index (χ0) is 19.6. The average Bonchev–Trinajstić information content (AvgIpc) is 2.97. The van der Waals surface area contributed by atoms with Crippen LogP contribution < -0.4 is 4.74 Å². The molecule has 4 nitrogen and oxygen atoms in total. The van der Waals surface area contributed by atoms with Crippen molar-refractivity contribution in [1.82, 2.24) is 0 Å². The van der Waals surface area contributed by atoms with E-state index >= 15 is 0 Å². The molecule has 0 radical (unpaired) electrons. The van der Waals surface area contributed by atoms with Gasteiger partial charge in [0.05, 0.1) is 0 Å². The lowest BCUT2D eigenvalue weighted by molar-refractivity contribution is -0.182. The molecule has 0 atom stereocenters. The quantitative estimate of drug-likeness (QED) is 0.524. The van der Waals surface area contributed by atoms with Gasteiger partial charge in [0.1, 0.15) is 12.4 Å². The molecule has 2 aromatic carbocycles. The minimum absolute atomic E-state index is 0.304. The summed E-state index contributed by atoms with van der Waals surface area (Å²) >= 11 is 0. The summed E-state index contributed by atoms with van der Waals surface area (Å²) < 4.78 is 17.6. The fraction of sp³-hybridized carbons (Fsp3) is 0.375. The molecule has 0 amide bonds. The van der Waals surface area contributed by atoms with Gasteiger partial charge in [-0.15, -0.1) is 0 Å². The lowest BCUT2D eigenvalue weighted by Gasteiger charge is -2.29. The number of carbonyl (C=O) groups excluding carboxylic acids is 1. The molecule has 0 N–H and O–H groups in total. The molecule has 146 valence electrons. The van der Waals surface area contributed by atoms with Gasteiger partial charge in [-0.2, -0.15) is 0 Å². The number of rotatable bonds is 4. The van der Waals surface area contributed by atoms with Crippen molar-refractivity contribution in [2.45, 2.75) is 58.3 Å². The van der Waals surface area contributed by atoms with E-state index in [0.29, 0.717) is 12.4 Å². The molecule has 0 bridgehead atoms. The Morgan fingerprint density at radius 3 is 2.36 bits per heavy atom. The van der Waals surface area contributed by atoms with Crippen molar-refractivity contribution in [2.24, 2.45) is 0 Å². The third kappa shape index (κ3) is 3.91. The van der Waals surface area contributed by atoms with E-state index in [2.05, 4.69) is 0 Å². The number of esters is 1. The first-order valence-electron chi connectivity index (χ1n) is 9.97. The Labute approximate surface area is 166 Å². The van der Waals surface area contributed by atoms with Crippen LogP contribution in [0.15, 0.2) is 48.2 Å². The average molecular weight is 378 g/mol. The van der Waals surface area contributed by atoms with Crippen molar-refractivity contribution in [3.05, 3.63) is 70.5 Å². The van der Waals surface area contributed by atoms with E-state index in [-0.39, 0.29) is 5.97 Å². The van der Waals surface area contributed by atoms with Gasteiger partial charge in [0, 0.05) is 12.8 Å². The van der Waals surface area contributed by atoms with Crippen LogP contribution in [0.5, 0.6) is 5.75 Å². The Balaban J connectivity index is 1.51. The third-order valence-electron chi connectivity index (χ3n) is 5.40. The number of carbonyl (C=O) groups is 1. The Kier molecular flexibility index (Phi) is 5.12. The van der Waals surface area contributed by atoms with E-state index < -0.39 is 5.79 Å². The molecule has 0 aromatic heterocycles. The van der Waals surface area contributed by atoms with E-state index in [0.717, 1.165) is 53.7 Å². The Hall–Kier alpha value is -2.75. The molecule has 1 aliphatic heterocycles. The van der Waals surface area contributed by atoms with E-state index in [4.69, 9.17) is 14.2 Å². The van der Waals surface area contributed by atoms with E-state index in [1.807, 2.05) is 56.3 Å². The molecule has 2 aromatic rings. The zero-order valence-corrected chi connectivity index (χ0v) is 16.5. The van der Waals surface area contributed by atoms with Crippen LogP contribution in [0.2, 0.25) is 0 Å². The van der Waals surface area contributed by atoms with E-state index in [9.17, 15) is 4.79 Å². The summed E-state index contributed by atoms with van der Waals surface area (Å²) in [6.07, 6.45) is 6.58. The maximum absolute atomic E-state index is 12.3. The molecule has 0 unspecified atom stereocenters. The Bertz CT molecular complexity index is 869. The maximum Gasteiger partial charge on any atom is 0.377 e. The second-order valence-corrected chi connectivity index (χ2v) is 7.73. The molecule has 4 rings (SSSR count). The molecular formula is C24H26O4. The molecule has 1 heterocycles. The van der Waals surface area contributed by atoms with Crippen molar-refractivity contribution in [3.8, 4) is 5.75 Å². The highest BCUT2D eigenvalue weighted by atomic mass is 16.8. The first-order chi connectivity index (χ1) is 13.5. The summed E-state index contributed by atoms with van der Waals surface area (Å²) in [6, 6.07) is 14.1. The van der Waals surface area contributed by atoms with Crippen molar-refractivity contribution in [1.29, 1.82) is 0 Å². The summed E-state index contributed by atoms with van der Waals surface area (Å²) in [7, 11) is 0. The van der Waals surface area contributed by atoms with Gasteiger partial charge in [-0.05, 0) is 67.2 Å². The number of hydrogen-bond donors (Lipinski definition) is 0. The molecule has 1 spiro atoms. The second kappa shape index (κ2) is 7.70. The molecule has 28 heavy (non-hydrogen) atoms. The van der Waals surface area contributed by atoms with Crippen molar-refractivity contribution >= 4 is 12.0 Å². The Morgan fingerprint density at radius 2 is 1.68 bits per heavy atom. The fourth-order valence-electron chi connectivity index (χ4n) is 4.04. The van der Waals surface area contributed by atoms with Crippen LogP contribution in [0.4, 0.5) is 0 Å². The molecule has 1 aliphatic carbocycles. The highest BCUT2D eigenvalue weighted by molar-refractivity contribution is 5.93. The van der Waals surface area contributed by atoms with Crippen LogP contribution in [0.1, 0.15) is 54.4 Å². The first-order valence-corrected chi connectivity index (χ1v) is 9.97. The number of aryl methyl sites for hydroxylation is 2.